The van der Waals surface area contributed by atoms with Gasteiger partial charge in [0.25, 0.3) is 0 Å². The Labute approximate surface area is 134 Å². The van der Waals surface area contributed by atoms with Crippen LogP contribution in [-0.4, -0.2) is 24.4 Å². The number of rotatable bonds is 6. The molecule has 1 heterocycles. The Hall–Kier alpha value is -2.82. The number of ether oxygens (including phenoxy) is 2. The van der Waals surface area contributed by atoms with Crippen LogP contribution in [0.1, 0.15) is 11.5 Å². The van der Waals surface area contributed by atoms with Crippen molar-refractivity contribution in [2.75, 3.05) is 14.2 Å². The maximum absolute atomic E-state index is 5.35. The van der Waals surface area contributed by atoms with Gasteiger partial charge in [0.1, 0.15) is 11.5 Å². The number of hydrogen-bond donors (Lipinski definition) is 0. The quantitative estimate of drug-likeness (QED) is 0.697. The minimum atomic E-state index is 0.533. The van der Waals surface area contributed by atoms with Crippen LogP contribution in [0.15, 0.2) is 53.1 Å². The largest absolute Gasteiger partial charge is 0.497 e. The van der Waals surface area contributed by atoms with E-state index >= 15 is 0 Å². The summed E-state index contributed by atoms with van der Waals surface area (Å²) in [5.41, 5.74) is 2.05. The first-order chi connectivity index (χ1) is 11.3. The number of hydrogen-bond acceptors (Lipinski definition) is 5. The molecule has 5 heteroatoms. The highest BCUT2D eigenvalue weighted by Gasteiger charge is 2.11. The molecule has 0 aliphatic rings. The summed E-state index contributed by atoms with van der Waals surface area (Å²) in [6.07, 6.45) is 1.57. The lowest BCUT2D eigenvalue weighted by Crippen LogP contribution is -1.92. The zero-order chi connectivity index (χ0) is 16.1. The van der Waals surface area contributed by atoms with Crippen molar-refractivity contribution in [3.8, 4) is 22.9 Å². The van der Waals surface area contributed by atoms with Gasteiger partial charge in [0, 0.05) is 18.1 Å². The van der Waals surface area contributed by atoms with E-state index in [0.29, 0.717) is 29.6 Å². The number of methoxy groups -OCH3 is 2. The Morgan fingerprint density at radius 1 is 0.913 bits per heavy atom. The molecule has 0 amide bonds. The molecule has 0 unspecified atom stereocenters. The van der Waals surface area contributed by atoms with Crippen molar-refractivity contribution in [3.05, 3.63) is 60.0 Å². The summed E-state index contributed by atoms with van der Waals surface area (Å²) in [7, 11) is 3.22. The van der Waals surface area contributed by atoms with E-state index in [1.54, 1.807) is 20.3 Å². The zero-order valence-electron chi connectivity index (χ0n) is 13.2. The second-order valence-electron chi connectivity index (χ2n) is 5.10. The maximum atomic E-state index is 5.35. The van der Waals surface area contributed by atoms with Gasteiger partial charge >= 0.3 is 0 Å². The fourth-order valence-corrected chi connectivity index (χ4v) is 2.31. The molecule has 3 rings (SSSR count). The monoisotopic (exact) mass is 310 g/mol. The molecule has 5 nitrogen and oxygen atoms in total. The van der Waals surface area contributed by atoms with E-state index in [4.69, 9.17) is 14.0 Å². The summed E-state index contributed by atoms with van der Waals surface area (Å²) in [6.45, 7) is 0. The Balaban J connectivity index is 1.76. The Bertz CT molecular complexity index is 747. The lowest BCUT2D eigenvalue weighted by atomic mass is 10.1. The summed E-state index contributed by atoms with van der Waals surface area (Å²) < 4.78 is 15.9. The van der Waals surface area contributed by atoms with Crippen molar-refractivity contribution < 1.29 is 14.0 Å². The summed E-state index contributed by atoms with van der Waals surface area (Å²) in [4.78, 5) is 4.46. The van der Waals surface area contributed by atoms with E-state index in [9.17, 15) is 0 Å². The first-order valence-corrected chi connectivity index (χ1v) is 7.38. The SMILES string of the molecule is COc1cc(OC)cc(-c2noc(CCc3ccccc3)n2)c1. The van der Waals surface area contributed by atoms with Gasteiger partial charge in [0.2, 0.25) is 11.7 Å². The number of benzene rings is 2. The van der Waals surface area contributed by atoms with Crippen molar-refractivity contribution in [1.82, 2.24) is 10.1 Å². The topological polar surface area (TPSA) is 57.4 Å². The molecule has 0 saturated carbocycles. The van der Waals surface area contributed by atoms with Crippen LogP contribution in [0, 0.1) is 0 Å². The molecule has 0 spiro atoms. The molecule has 23 heavy (non-hydrogen) atoms. The average molecular weight is 310 g/mol. The summed E-state index contributed by atoms with van der Waals surface area (Å²) in [6, 6.07) is 15.7. The molecule has 0 fully saturated rings. The first kappa shape index (κ1) is 15.1. The van der Waals surface area contributed by atoms with Crippen molar-refractivity contribution in [1.29, 1.82) is 0 Å². The van der Waals surface area contributed by atoms with Gasteiger partial charge in [-0.25, -0.2) is 0 Å². The maximum Gasteiger partial charge on any atom is 0.227 e. The molecule has 0 saturated heterocycles. The molecule has 2 aromatic carbocycles. The van der Waals surface area contributed by atoms with E-state index in [1.165, 1.54) is 5.56 Å². The van der Waals surface area contributed by atoms with Crippen LogP contribution >= 0.6 is 0 Å². The molecular formula is C18H18N2O3. The predicted molar refractivity (Wildman–Crippen MR) is 86.7 cm³/mol. The molecule has 0 bridgehead atoms. The fraction of sp³-hybridized carbons (Fsp3) is 0.222. The normalized spacial score (nSPS) is 10.5. The molecule has 0 N–H and O–H groups in total. The van der Waals surface area contributed by atoms with Crippen LogP contribution < -0.4 is 9.47 Å². The van der Waals surface area contributed by atoms with E-state index in [-0.39, 0.29) is 0 Å². The van der Waals surface area contributed by atoms with Crippen LogP contribution in [0.3, 0.4) is 0 Å². The lowest BCUT2D eigenvalue weighted by molar-refractivity contribution is 0.378. The Morgan fingerprint density at radius 2 is 1.61 bits per heavy atom. The molecule has 0 aliphatic heterocycles. The van der Waals surface area contributed by atoms with Gasteiger partial charge in [-0.05, 0) is 24.1 Å². The summed E-state index contributed by atoms with van der Waals surface area (Å²) in [5, 5.41) is 4.05. The molecule has 118 valence electrons. The standard InChI is InChI=1S/C18H18N2O3/c1-21-15-10-14(11-16(12-15)22-2)18-19-17(23-20-18)9-8-13-6-4-3-5-7-13/h3-7,10-12H,8-9H2,1-2H3. The second kappa shape index (κ2) is 6.96. The van der Waals surface area contributed by atoms with Crippen LogP contribution in [0.5, 0.6) is 11.5 Å². The molecular weight excluding hydrogens is 292 g/mol. The minimum absolute atomic E-state index is 0.533. The highest BCUT2D eigenvalue weighted by Crippen LogP contribution is 2.28. The summed E-state index contributed by atoms with van der Waals surface area (Å²) >= 11 is 0. The molecule has 0 aliphatic carbocycles. The Kier molecular flexibility index (Phi) is 4.57. The molecule has 0 atom stereocenters. The number of aromatic nitrogens is 2. The predicted octanol–water partition coefficient (Wildman–Crippen LogP) is 3.54. The molecule has 0 radical (unpaired) electrons. The smallest absolute Gasteiger partial charge is 0.227 e. The third-order valence-electron chi connectivity index (χ3n) is 3.55. The number of aryl methyl sites for hydroxylation is 2. The summed E-state index contributed by atoms with van der Waals surface area (Å²) in [5.74, 6) is 2.53. The highest BCUT2D eigenvalue weighted by atomic mass is 16.5. The van der Waals surface area contributed by atoms with E-state index < -0.39 is 0 Å². The van der Waals surface area contributed by atoms with Crippen molar-refractivity contribution in [2.24, 2.45) is 0 Å². The van der Waals surface area contributed by atoms with E-state index in [1.807, 2.05) is 30.3 Å². The van der Waals surface area contributed by atoms with Crippen molar-refractivity contribution in [2.45, 2.75) is 12.8 Å². The molecule has 3 aromatic rings. The minimum Gasteiger partial charge on any atom is -0.497 e. The average Bonchev–Trinajstić information content (AvgIpc) is 3.09. The van der Waals surface area contributed by atoms with Crippen molar-refractivity contribution >= 4 is 0 Å². The van der Waals surface area contributed by atoms with Gasteiger partial charge in [0.05, 0.1) is 14.2 Å². The third-order valence-corrected chi connectivity index (χ3v) is 3.55. The van der Waals surface area contributed by atoms with Gasteiger partial charge in [0.15, 0.2) is 0 Å². The van der Waals surface area contributed by atoms with Gasteiger partial charge < -0.3 is 14.0 Å². The first-order valence-electron chi connectivity index (χ1n) is 7.38. The lowest BCUT2D eigenvalue weighted by Gasteiger charge is -2.05. The highest BCUT2D eigenvalue weighted by molar-refractivity contribution is 5.60. The van der Waals surface area contributed by atoms with E-state index in [2.05, 4.69) is 22.3 Å². The van der Waals surface area contributed by atoms with E-state index in [0.717, 1.165) is 12.0 Å². The van der Waals surface area contributed by atoms with Gasteiger partial charge in [-0.15, -0.1) is 0 Å². The van der Waals surface area contributed by atoms with Crippen molar-refractivity contribution in [3.63, 3.8) is 0 Å². The van der Waals surface area contributed by atoms with Gasteiger partial charge in [-0.1, -0.05) is 35.5 Å². The van der Waals surface area contributed by atoms with Crippen LogP contribution in [-0.2, 0) is 12.8 Å². The zero-order valence-corrected chi connectivity index (χ0v) is 13.2. The third kappa shape index (κ3) is 3.69. The Morgan fingerprint density at radius 3 is 2.26 bits per heavy atom. The second-order valence-corrected chi connectivity index (χ2v) is 5.10. The molecule has 1 aromatic heterocycles. The van der Waals surface area contributed by atoms with Gasteiger partial charge in [-0.2, -0.15) is 4.98 Å². The van der Waals surface area contributed by atoms with Crippen LogP contribution in [0.25, 0.3) is 11.4 Å². The van der Waals surface area contributed by atoms with Gasteiger partial charge in [-0.3, -0.25) is 0 Å². The van der Waals surface area contributed by atoms with Crippen LogP contribution in [0.4, 0.5) is 0 Å². The number of nitrogens with zero attached hydrogens (tertiary/aromatic N) is 2. The van der Waals surface area contributed by atoms with Crippen LogP contribution in [0.2, 0.25) is 0 Å². The fourth-order valence-electron chi connectivity index (χ4n) is 2.31.